The minimum Gasteiger partial charge on any atom is -0.344 e. The number of carbonyl (C=O) groups is 1. The number of carbonyl (C=O) groups excluding carboxylic acids is 1. The number of para-hydroxylation sites is 1. The standard InChI is InChI=1S/C19H17N3O2/c1-12-18(23)21-16(11-13-7-3-2-4-8-13)17-20-15-10-6-5-9-14(15)19(24)22(12)17/h2-10,12,16H,11H2,1H3,(H,21,23)/t12-,16-/m0/s1. The third kappa shape index (κ3) is 2.29. The van der Waals surface area contributed by atoms with Gasteiger partial charge in [0.2, 0.25) is 5.91 Å². The second kappa shape index (κ2) is 5.60. The molecular weight excluding hydrogens is 302 g/mol. The molecule has 2 heterocycles. The van der Waals surface area contributed by atoms with E-state index in [1.54, 1.807) is 13.0 Å². The molecule has 1 N–H and O–H groups in total. The van der Waals surface area contributed by atoms with Gasteiger partial charge in [-0.15, -0.1) is 0 Å². The molecule has 0 unspecified atom stereocenters. The molecule has 1 aromatic heterocycles. The molecule has 0 saturated carbocycles. The van der Waals surface area contributed by atoms with Crippen LogP contribution < -0.4 is 10.9 Å². The molecule has 1 amide bonds. The summed E-state index contributed by atoms with van der Waals surface area (Å²) < 4.78 is 1.54. The number of nitrogens with one attached hydrogen (secondary N) is 1. The Labute approximate surface area is 139 Å². The molecular formula is C19H17N3O2. The summed E-state index contributed by atoms with van der Waals surface area (Å²) in [5, 5.41) is 3.54. The predicted octanol–water partition coefficient (Wildman–Crippen LogP) is 2.37. The predicted molar refractivity (Wildman–Crippen MR) is 91.7 cm³/mol. The Hall–Kier alpha value is -2.95. The molecule has 1 aliphatic heterocycles. The molecule has 0 radical (unpaired) electrons. The molecule has 24 heavy (non-hydrogen) atoms. The fourth-order valence-corrected chi connectivity index (χ4v) is 3.25. The number of hydrogen-bond donors (Lipinski definition) is 1. The van der Waals surface area contributed by atoms with Gasteiger partial charge in [0.25, 0.3) is 5.56 Å². The van der Waals surface area contributed by atoms with Gasteiger partial charge in [-0.25, -0.2) is 4.98 Å². The minimum absolute atomic E-state index is 0.150. The molecule has 0 bridgehead atoms. The largest absolute Gasteiger partial charge is 0.344 e. The number of nitrogens with zero attached hydrogens (tertiary/aromatic N) is 2. The molecule has 5 nitrogen and oxygen atoms in total. The van der Waals surface area contributed by atoms with E-state index in [9.17, 15) is 9.59 Å². The van der Waals surface area contributed by atoms with Crippen molar-refractivity contribution in [2.45, 2.75) is 25.4 Å². The first kappa shape index (κ1) is 14.6. The van der Waals surface area contributed by atoms with Crippen LogP contribution in [0.2, 0.25) is 0 Å². The van der Waals surface area contributed by atoms with Gasteiger partial charge in [-0.2, -0.15) is 0 Å². The molecule has 5 heteroatoms. The van der Waals surface area contributed by atoms with Crippen LogP contribution in [0.4, 0.5) is 0 Å². The summed E-state index contributed by atoms with van der Waals surface area (Å²) in [6.45, 7) is 1.73. The highest BCUT2D eigenvalue weighted by molar-refractivity contribution is 5.83. The highest BCUT2D eigenvalue weighted by atomic mass is 16.2. The van der Waals surface area contributed by atoms with Crippen molar-refractivity contribution in [1.82, 2.24) is 14.9 Å². The van der Waals surface area contributed by atoms with E-state index < -0.39 is 6.04 Å². The normalized spacial score (nSPS) is 19.8. The lowest BCUT2D eigenvalue weighted by molar-refractivity contribution is -0.126. The Bertz CT molecular complexity index is 979. The van der Waals surface area contributed by atoms with E-state index in [1.165, 1.54) is 4.57 Å². The van der Waals surface area contributed by atoms with Crippen molar-refractivity contribution in [3.05, 3.63) is 76.3 Å². The molecule has 0 spiro atoms. The number of rotatable bonds is 2. The van der Waals surface area contributed by atoms with Gasteiger partial charge in [0.15, 0.2) is 0 Å². The Kier molecular flexibility index (Phi) is 3.41. The van der Waals surface area contributed by atoms with Crippen LogP contribution in [-0.4, -0.2) is 15.5 Å². The third-order valence-electron chi connectivity index (χ3n) is 4.51. The van der Waals surface area contributed by atoms with Gasteiger partial charge in [0.1, 0.15) is 11.9 Å². The van der Waals surface area contributed by atoms with E-state index >= 15 is 0 Å². The van der Waals surface area contributed by atoms with Gasteiger partial charge >= 0.3 is 0 Å². The summed E-state index contributed by atoms with van der Waals surface area (Å²) in [4.78, 5) is 29.9. The monoisotopic (exact) mass is 319 g/mol. The fourth-order valence-electron chi connectivity index (χ4n) is 3.25. The maximum Gasteiger partial charge on any atom is 0.262 e. The molecule has 2 aromatic carbocycles. The second-order valence-corrected chi connectivity index (χ2v) is 6.09. The Morgan fingerprint density at radius 3 is 2.54 bits per heavy atom. The average molecular weight is 319 g/mol. The van der Waals surface area contributed by atoms with Crippen LogP contribution in [-0.2, 0) is 11.2 Å². The molecule has 4 rings (SSSR count). The minimum atomic E-state index is -0.559. The summed E-state index contributed by atoms with van der Waals surface area (Å²) in [6.07, 6.45) is 0.601. The number of aromatic nitrogens is 2. The summed E-state index contributed by atoms with van der Waals surface area (Å²) in [7, 11) is 0. The molecule has 1 aliphatic rings. The van der Waals surface area contributed by atoms with Crippen molar-refractivity contribution in [2.24, 2.45) is 0 Å². The topological polar surface area (TPSA) is 64.0 Å². The zero-order valence-electron chi connectivity index (χ0n) is 13.3. The van der Waals surface area contributed by atoms with E-state index in [4.69, 9.17) is 0 Å². The smallest absolute Gasteiger partial charge is 0.262 e. The van der Waals surface area contributed by atoms with Crippen LogP contribution in [0.5, 0.6) is 0 Å². The Balaban J connectivity index is 1.90. The lowest BCUT2D eigenvalue weighted by atomic mass is 10.0. The molecule has 2 atom stereocenters. The molecule has 3 aromatic rings. The summed E-state index contributed by atoms with van der Waals surface area (Å²) >= 11 is 0. The van der Waals surface area contributed by atoms with Crippen LogP contribution in [0.15, 0.2) is 59.4 Å². The molecule has 0 fully saturated rings. The number of fused-ring (bicyclic) bond motifs is 2. The SMILES string of the molecule is C[C@H]1C(=O)N[C@@H](Cc2ccccc2)c2nc3ccccc3c(=O)n21. The van der Waals surface area contributed by atoms with Gasteiger partial charge in [-0.3, -0.25) is 14.2 Å². The zero-order chi connectivity index (χ0) is 16.7. The highest BCUT2D eigenvalue weighted by Crippen LogP contribution is 2.25. The van der Waals surface area contributed by atoms with E-state index in [-0.39, 0.29) is 17.5 Å². The van der Waals surface area contributed by atoms with Gasteiger partial charge < -0.3 is 5.32 Å². The van der Waals surface area contributed by atoms with E-state index in [1.807, 2.05) is 48.5 Å². The fraction of sp³-hybridized carbons (Fsp3) is 0.211. The van der Waals surface area contributed by atoms with Crippen molar-refractivity contribution in [3.63, 3.8) is 0 Å². The first-order valence-electron chi connectivity index (χ1n) is 8.00. The van der Waals surface area contributed by atoms with Gasteiger partial charge in [-0.1, -0.05) is 42.5 Å². The number of amides is 1. The number of benzene rings is 2. The molecule has 0 aliphatic carbocycles. The average Bonchev–Trinajstić information content (AvgIpc) is 2.60. The van der Waals surface area contributed by atoms with Gasteiger partial charge in [-0.05, 0) is 31.0 Å². The Morgan fingerprint density at radius 1 is 1.04 bits per heavy atom. The lowest BCUT2D eigenvalue weighted by Gasteiger charge is -2.31. The highest BCUT2D eigenvalue weighted by Gasteiger charge is 2.32. The van der Waals surface area contributed by atoms with E-state index in [0.29, 0.717) is 23.1 Å². The number of hydrogen-bond acceptors (Lipinski definition) is 3. The summed E-state index contributed by atoms with van der Waals surface area (Å²) in [5.41, 5.74) is 1.59. The van der Waals surface area contributed by atoms with E-state index in [2.05, 4.69) is 10.3 Å². The van der Waals surface area contributed by atoms with Gasteiger partial charge in [0.05, 0.1) is 16.9 Å². The maximum absolute atomic E-state index is 12.9. The van der Waals surface area contributed by atoms with E-state index in [0.717, 1.165) is 5.56 Å². The molecule has 0 saturated heterocycles. The second-order valence-electron chi connectivity index (χ2n) is 6.09. The zero-order valence-corrected chi connectivity index (χ0v) is 13.3. The van der Waals surface area contributed by atoms with Crippen LogP contribution in [0.25, 0.3) is 10.9 Å². The van der Waals surface area contributed by atoms with Crippen LogP contribution in [0.1, 0.15) is 30.4 Å². The van der Waals surface area contributed by atoms with Gasteiger partial charge in [0, 0.05) is 0 Å². The maximum atomic E-state index is 12.9. The Morgan fingerprint density at radius 2 is 1.75 bits per heavy atom. The molecule has 120 valence electrons. The van der Waals surface area contributed by atoms with Crippen LogP contribution in [0, 0.1) is 0 Å². The van der Waals surface area contributed by atoms with Crippen molar-refractivity contribution >= 4 is 16.8 Å². The quantitative estimate of drug-likeness (QED) is 0.789. The van der Waals surface area contributed by atoms with Crippen molar-refractivity contribution in [2.75, 3.05) is 0 Å². The van der Waals surface area contributed by atoms with Crippen LogP contribution in [0.3, 0.4) is 0 Å². The van der Waals surface area contributed by atoms with Crippen molar-refractivity contribution in [1.29, 1.82) is 0 Å². The first-order valence-corrected chi connectivity index (χ1v) is 8.00. The van der Waals surface area contributed by atoms with Crippen LogP contribution >= 0.6 is 0 Å². The third-order valence-corrected chi connectivity index (χ3v) is 4.51. The lowest BCUT2D eigenvalue weighted by Crippen LogP contribution is -2.47. The summed E-state index contributed by atoms with van der Waals surface area (Å²) in [5.74, 6) is 0.470. The first-order chi connectivity index (χ1) is 11.6. The van der Waals surface area contributed by atoms with Crippen molar-refractivity contribution < 1.29 is 4.79 Å². The summed E-state index contributed by atoms with van der Waals surface area (Å²) in [6, 6.07) is 16.3. The van der Waals surface area contributed by atoms with Crippen molar-refractivity contribution in [3.8, 4) is 0 Å².